The molecule has 0 N–H and O–H groups in total. The third kappa shape index (κ3) is 3.61. The zero-order valence-electron chi connectivity index (χ0n) is 11.5. The van der Waals surface area contributed by atoms with Crippen LogP contribution in [0.1, 0.15) is 24.7 Å². The maximum absolute atomic E-state index is 11.4. The molecule has 2 rings (SSSR count). The lowest BCUT2D eigenvalue weighted by atomic mass is 10.2. The highest BCUT2D eigenvalue weighted by atomic mass is 35.7. The van der Waals surface area contributed by atoms with Gasteiger partial charge in [0.15, 0.2) is 5.03 Å². The normalized spacial score (nSPS) is 11.9. The molecule has 0 unspecified atom stereocenters. The fraction of sp³-hybridized carbons (Fsp3) is 0.500. The average molecular weight is 317 g/mol. The van der Waals surface area contributed by atoms with Crippen molar-refractivity contribution in [2.75, 3.05) is 0 Å². The Morgan fingerprint density at radius 1 is 1.30 bits per heavy atom. The summed E-state index contributed by atoms with van der Waals surface area (Å²) in [6, 6.07) is 0. The van der Waals surface area contributed by atoms with E-state index in [1.807, 2.05) is 24.7 Å². The molecule has 6 nitrogen and oxygen atoms in total. The van der Waals surface area contributed by atoms with Crippen LogP contribution in [0.5, 0.6) is 0 Å². The molecule has 0 saturated carbocycles. The Labute approximate surface area is 122 Å². The van der Waals surface area contributed by atoms with E-state index in [2.05, 4.69) is 10.1 Å². The Morgan fingerprint density at radius 3 is 2.60 bits per heavy atom. The second kappa shape index (κ2) is 5.97. The first-order chi connectivity index (χ1) is 9.40. The molecule has 0 spiro atoms. The molecule has 8 heteroatoms. The third-order valence-electron chi connectivity index (χ3n) is 2.96. The summed E-state index contributed by atoms with van der Waals surface area (Å²) in [6.45, 7) is 2.68. The molecule has 2 heterocycles. The minimum Gasteiger partial charge on any atom is -0.333 e. The maximum atomic E-state index is 11.4. The highest BCUT2D eigenvalue weighted by molar-refractivity contribution is 8.13. The van der Waals surface area contributed by atoms with Crippen LogP contribution in [-0.2, 0) is 35.5 Å². The van der Waals surface area contributed by atoms with Gasteiger partial charge in [-0.25, -0.2) is 13.4 Å². The summed E-state index contributed by atoms with van der Waals surface area (Å²) in [5.41, 5.74) is 1.10. The van der Waals surface area contributed by atoms with E-state index >= 15 is 0 Å². The van der Waals surface area contributed by atoms with Gasteiger partial charge in [-0.1, -0.05) is 6.92 Å². The predicted molar refractivity (Wildman–Crippen MR) is 76.2 cm³/mol. The van der Waals surface area contributed by atoms with Gasteiger partial charge in [-0.15, -0.1) is 0 Å². The Bertz CT molecular complexity index is 690. The monoisotopic (exact) mass is 316 g/mol. The van der Waals surface area contributed by atoms with Crippen LogP contribution >= 0.6 is 10.7 Å². The second-order valence-electron chi connectivity index (χ2n) is 4.65. The molecule has 2 aromatic heterocycles. The minimum atomic E-state index is -3.78. The standard InChI is InChI=1S/C12H17ClN4O2S/c1-3-4-11-15-12(20(13,18)19)9-17(11)6-5-10-7-14-16(2)8-10/h7-9H,3-6H2,1-2H3. The Hall–Kier alpha value is -1.34. The molecule has 0 fully saturated rings. The van der Waals surface area contributed by atoms with Crippen molar-refractivity contribution >= 4 is 19.7 Å². The summed E-state index contributed by atoms with van der Waals surface area (Å²) in [7, 11) is 3.43. The Balaban J connectivity index is 2.19. The fourth-order valence-electron chi connectivity index (χ4n) is 2.01. The summed E-state index contributed by atoms with van der Waals surface area (Å²) in [4.78, 5) is 4.11. The zero-order chi connectivity index (χ0) is 14.8. The van der Waals surface area contributed by atoms with E-state index in [0.29, 0.717) is 6.54 Å². The van der Waals surface area contributed by atoms with Crippen molar-refractivity contribution in [3.63, 3.8) is 0 Å². The molecular weight excluding hydrogens is 300 g/mol. The first-order valence-electron chi connectivity index (χ1n) is 6.38. The van der Waals surface area contributed by atoms with E-state index in [1.165, 1.54) is 6.20 Å². The molecule has 0 saturated heterocycles. The van der Waals surface area contributed by atoms with Gasteiger partial charge >= 0.3 is 0 Å². The zero-order valence-corrected chi connectivity index (χ0v) is 13.0. The molecule has 0 amide bonds. The van der Waals surface area contributed by atoms with Crippen LogP contribution in [0.25, 0.3) is 0 Å². The lowest BCUT2D eigenvalue weighted by Crippen LogP contribution is -2.05. The number of rotatable bonds is 6. The highest BCUT2D eigenvalue weighted by Crippen LogP contribution is 2.16. The summed E-state index contributed by atoms with van der Waals surface area (Å²) in [5.74, 6) is 0.746. The molecule has 0 aliphatic carbocycles. The average Bonchev–Trinajstić information content (AvgIpc) is 2.93. The number of imidazole rings is 1. The Kier molecular flexibility index (Phi) is 4.49. The Morgan fingerprint density at radius 2 is 2.05 bits per heavy atom. The largest absolute Gasteiger partial charge is 0.333 e. The topological polar surface area (TPSA) is 69.8 Å². The molecule has 2 aromatic rings. The van der Waals surface area contributed by atoms with Crippen LogP contribution in [0.3, 0.4) is 0 Å². The van der Waals surface area contributed by atoms with Gasteiger partial charge in [0.1, 0.15) is 5.82 Å². The van der Waals surface area contributed by atoms with Gasteiger partial charge in [-0.2, -0.15) is 5.10 Å². The van der Waals surface area contributed by atoms with Gasteiger partial charge in [0.2, 0.25) is 0 Å². The van der Waals surface area contributed by atoms with Crippen LogP contribution < -0.4 is 0 Å². The van der Waals surface area contributed by atoms with Gasteiger partial charge in [0.25, 0.3) is 9.05 Å². The number of nitrogens with zero attached hydrogens (tertiary/aromatic N) is 4. The van der Waals surface area contributed by atoms with Crippen molar-refractivity contribution in [1.29, 1.82) is 0 Å². The van der Waals surface area contributed by atoms with Crippen molar-refractivity contribution in [3.8, 4) is 0 Å². The van der Waals surface area contributed by atoms with Crippen molar-refractivity contribution in [1.82, 2.24) is 19.3 Å². The van der Waals surface area contributed by atoms with Crippen molar-refractivity contribution in [3.05, 3.63) is 30.0 Å². The van der Waals surface area contributed by atoms with Crippen LogP contribution in [0.4, 0.5) is 0 Å². The van der Waals surface area contributed by atoms with E-state index in [1.54, 1.807) is 10.9 Å². The summed E-state index contributed by atoms with van der Waals surface area (Å²) >= 11 is 0. The molecule has 0 aliphatic heterocycles. The van der Waals surface area contributed by atoms with Gasteiger partial charge in [-0.05, 0) is 18.4 Å². The first-order valence-corrected chi connectivity index (χ1v) is 8.69. The maximum Gasteiger partial charge on any atom is 0.280 e. The molecule has 0 bridgehead atoms. The summed E-state index contributed by atoms with van der Waals surface area (Å²) in [6.07, 6.45) is 7.63. The van der Waals surface area contributed by atoms with Gasteiger partial charge in [0.05, 0.1) is 6.20 Å². The first kappa shape index (κ1) is 15.1. The molecule has 110 valence electrons. The summed E-state index contributed by atoms with van der Waals surface area (Å²) < 4.78 is 26.3. The van der Waals surface area contributed by atoms with E-state index in [0.717, 1.165) is 30.7 Å². The number of aromatic nitrogens is 4. The van der Waals surface area contributed by atoms with Gasteiger partial charge < -0.3 is 4.57 Å². The van der Waals surface area contributed by atoms with E-state index in [4.69, 9.17) is 10.7 Å². The number of halogens is 1. The summed E-state index contributed by atoms with van der Waals surface area (Å²) in [5, 5.41) is 4.03. The smallest absolute Gasteiger partial charge is 0.280 e. The minimum absolute atomic E-state index is 0.0752. The van der Waals surface area contributed by atoms with Gasteiger partial charge in [0, 0.05) is 43.1 Å². The number of aryl methyl sites for hydroxylation is 4. The molecule has 0 atom stereocenters. The second-order valence-corrected chi connectivity index (χ2v) is 7.16. The van der Waals surface area contributed by atoms with Crippen LogP contribution in [-0.4, -0.2) is 27.7 Å². The molecular formula is C12H17ClN4O2S. The lowest BCUT2D eigenvalue weighted by Gasteiger charge is -2.05. The fourth-order valence-corrected chi connectivity index (χ4v) is 2.70. The van der Waals surface area contributed by atoms with Crippen LogP contribution in [0.15, 0.2) is 23.6 Å². The van der Waals surface area contributed by atoms with E-state index < -0.39 is 9.05 Å². The lowest BCUT2D eigenvalue weighted by molar-refractivity contribution is 0.606. The highest BCUT2D eigenvalue weighted by Gasteiger charge is 2.17. The SMILES string of the molecule is CCCc1nc(S(=O)(=O)Cl)cn1CCc1cnn(C)c1. The van der Waals surface area contributed by atoms with E-state index in [9.17, 15) is 8.42 Å². The third-order valence-corrected chi connectivity index (χ3v) is 4.13. The molecule has 0 radical (unpaired) electrons. The van der Waals surface area contributed by atoms with Crippen LogP contribution in [0.2, 0.25) is 0 Å². The predicted octanol–water partition coefficient (Wildman–Crippen LogP) is 1.74. The van der Waals surface area contributed by atoms with Gasteiger partial charge in [-0.3, -0.25) is 4.68 Å². The molecule has 0 aliphatic rings. The molecule has 20 heavy (non-hydrogen) atoms. The van der Waals surface area contributed by atoms with Crippen molar-refractivity contribution in [2.24, 2.45) is 7.05 Å². The van der Waals surface area contributed by atoms with Crippen LogP contribution in [0, 0.1) is 0 Å². The molecule has 0 aromatic carbocycles. The number of hydrogen-bond acceptors (Lipinski definition) is 4. The van der Waals surface area contributed by atoms with Crippen molar-refractivity contribution < 1.29 is 8.42 Å². The van der Waals surface area contributed by atoms with Crippen molar-refractivity contribution in [2.45, 2.75) is 37.8 Å². The van der Waals surface area contributed by atoms with E-state index in [-0.39, 0.29) is 5.03 Å². The number of hydrogen-bond donors (Lipinski definition) is 0. The quantitative estimate of drug-likeness (QED) is 0.761.